The molecule has 1 amide bonds. The normalized spacial score (nSPS) is 14.9. The van der Waals surface area contributed by atoms with Gasteiger partial charge in [0.25, 0.3) is 0 Å². The summed E-state index contributed by atoms with van der Waals surface area (Å²) >= 11 is 5.90. The molecule has 1 aromatic heterocycles. The van der Waals surface area contributed by atoms with E-state index in [-0.39, 0.29) is 5.91 Å². The molecule has 0 atom stereocenters. The SMILES string of the molecule is CCN(C(=O)CCc1ncc(-c2ccc(Cl)cc2)o1)C1CCCC1. The van der Waals surface area contributed by atoms with Gasteiger partial charge in [0.2, 0.25) is 5.91 Å². The Kier molecular flexibility index (Phi) is 5.56. The van der Waals surface area contributed by atoms with Crippen LogP contribution in [0.15, 0.2) is 34.9 Å². The Morgan fingerprint density at radius 3 is 2.67 bits per heavy atom. The average Bonchev–Trinajstić information content (AvgIpc) is 3.26. The number of oxazole rings is 1. The summed E-state index contributed by atoms with van der Waals surface area (Å²) in [5, 5.41) is 0.690. The van der Waals surface area contributed by atoms with E-state index >= 15 is 0 Å². The molecule has 1 aliphatic carbocycles. The van der Waals surface area contributed by atoms with Crippen LogP contribution in [0.3, 0.4) is 0 Å². The van der Waals surface area contributed by atoms with Gasteiger partial charge in [-0.3, -0.25) is 4.79 Å². The smallest absolute Gasteiger partial charge is 0.223 e. The predicted molar refractivity (Wildman–Crippen MR) is 94.9 cm³/mol. The summed E-state index contributed by atoms with van der Waals surface area (Å²) in [7, 11) is 0. The highest BCUT2D eigenvalue weighted by atomic mass is 35.5. The van der Waals surface area contributed by atoms with Crippen LogP contribution >= 0.6 is 11.6 Å². The zero-order valence-corrected chi connectivity index (χ0v) is 14.8. The van der Waals surface area contributed by atoms with E-state index in [1.54, 1.807) is 6.20 Å². The van der Waals surface area contributed by atoms with Crippen LogP contribution in [0.4, 0.5) is 0 Å². The second kappa shape index (κ2) is 7.84. The van der Waals surface area contributed by atoms with Crippen molar-refractivity contribution in [1.82, 2.24) is 9.88 Å². The minimum absolute atomic E-state index is 0.204. The van der Waals surface area contributed by atoms with Crippen molar-refractivity contribution in [3.63, 3.8) is 0 Å². The molecule has 1 saturated carbocycles. The Hall–Kier alpha value is -1.81. The van der Waals surface area contributed by atoms with E-state index in [9.17, 15) is 4.79 Å². The van der Waals surface area contributed by atoms with E-state index in [0.29, 0.717) is 35.6 Å². The molecule has 4 nitrogen and oxygen atoms in total. The van der Waals surface area contributed by atoms with Gasteiger partial charge < -0.3 is 9.32 Å². The number of hydrogen-bond donors (Lipinski definition) is 0. The molecule has 0 N–H and O–H groups in total. The molecule has 0 saturated heterocycles. The van der Waals surface area contributed by atoms with E-state index in [1.165, 1.54) is 12.8 Å². The molecule has 0 aliphatic heterocycles. The summed E-state index contributed by atoms with van der Waals surface area (Å²) in [4.78, 5) is 18.8. The number of amides is 1. The molecule has 1 aromatic carbocycles. The number of halogens is 1. The highest BCUT2D eigenvalue weighted by Crippen LogP contribution is 2.25. The summed E-state index contributed by atoms with van der Waals surface area (Å²) in [5.41, 5.74) is 0.936. The monoisotopic (exact) mass is 346 g/mol. The Bertz CT molecular complexity index is 675. The van der Waals surface area contributed by atoms with E-state index < -0.39 is 0 Å². The van der Waals surface area contributed by atoms with Crippen molar-refractivity contribution in [2.45, 2.75) is 51.5 Å². The fourth-order valence-corrected chi connectivity index (χ4v) is 3.51. The van der Waals surface area contributed by atoms with Crippen molar-refractivity contribution >= 4 is 17.5 Å². The van der Waals surface area contributed by atoms with E-state index in [0.717, 1.165) is 24.9 Å². The van der Waals surface area contributed by atoms with Crippen LogP contribution in [-0.2, 0) is 11.2 Å². The topological polar surface area (TPSA) is 46.3 Å². The Labute approximate surface area is 147 Å². The van der Waals surface area contributed by atoms with Crippen LogP contribution < -0.4 is 0 Å². The number of hydrogen-bond acceptors (Lipinski definition) is 3. The van der Waals surface area contributed by atoms with Gasteiger partial charge in [-0.2, -0.15) is 0 Å². The summed E-state index contributed by atoms with van der Waals surface area (Å²) in [6.07, 6.45) is 7.44. The van der Waals surface area contributed by atoms with Gasteiger partial charge in [-0.1, -0.05) is 24.4 Å². The molecular weight excluding hydrogens is 324 g/mol. The lowest BCUT2D eigenvalue weighted by molar-refractivity contribution is -0.133. The number of benzene rings is 1. The fourth-order valence-electron chi connectivity index (χ4n) is 3.39. The summed E-state index contributed by atoms with van der Waals surface area (Å²) < 4.78 is 5.77. The molecule has 1 aliphatic rings. The maximum absolute atomic E-state index is 12.5. The van der Waals surface area contributed by atoms with Gasteiger partial charge in [0.15, 0.2) is 11.7 Å². The number of aryl methyl sites for hydroxylation is 1. The first-order valence-corrected chi connectivity index (χ1v) is 9.05. The van der Waals surface area contributed by atoms with Crippen molar-refractivity contribution in [2.24, 2.45) is 0 Å². The number of carbonyl (C=O) groups excluding carboxylic acids is 1. The molecule has 0 unspecified atom stereocenters. The van der Waals surface area contributed by atoms with Crippen molar-refractivity contribution < 1.29 is 9.21 Å². The Morgan fingerprint density at radius 2 is 2.00 bits per heavy atom. The predicted octanol–water partition coefficient (Wildman–Crippen LogP) is 4.72. The second-order valence-electron chi connectivity index (χ2n) is 6.24. The van der Waals surface area contributed by atoms with Gasteiger partial charge in [0, 0.05) is 36.0 Å². The molecule has 0 radical (unpaired) electrons. The molecular formula is C19H23ClN2O2. The first kappa shape index (κ1) is 17.0. The quantitative estimate of drug-likeness (QED) is 0.760. The number of nitrogens with zero attached hydrogens (tertiary/aromatic N) is 2. The van der Waals surface area contributed by atoms with Crippen molar-refractivity contribution in [1.29, 1.82) is 0 Å². The first-order chi connectivity index (χ1) is 11.7. The minimum atomic E-state index is 0.204. The highest BCUT2D eigenvalue weighted by Gasteiger charge is 2.25. The Balaban J connectivity index is 1.58. The highest BCUT2D eigenvalue weighted by molar-refractivity contribution is 6.30. The molecule has 24 heavy (non-hydrogen) atoms. The summed E-state index contributed by atoms with van der Waals surface area (Å²) in [6.45, 7) is 2.84. The molecule has 2 aromatic rings. The molecule has 0 spiro atoms. The minimum Gasteiger partial charge on any atom is -0.441 e. The second-order valence-corrected chi connectivity index (χ2v) is 6.68. The lowest BCUT2D eigenvalue weighted by Gasteiger charge is -2.27. The van der Waals surface area contributed by atoms with E-state index in [1.807, 2.05) is 29.2 Å². The fraction of sp³-hybridized carbons (Fsp3) is 0.474. The van der Waals surface area contributed by atoms with Crippen molar-refractivity contribution in [2.75, 3.05) is 6.54 Å². The van der Waals surface area contributed by atoms with Crippen LogP contribution in [0.1, 0.15) is 44.9 Å². The zero-order valence-electron chi connectivity index (χ0n) is 14.0. The summed E-state index contributed by atoms with van der Waals surface area (Å²) in [5.74, 6) is 1.52. The molecule has 3 rings (SSSR count). The van der Waals surface area contributed by atoms with Gasteiger partial charge in [-0.05, 0) is 44.0 Å². The largest absolute Gasteiger partial charge is 0.441 e. The third-order valence-electron chi connectivity index (χ3n) is 4.66. The lowest BCUT2D eigenvalue weighted by atomic mass is 10.2. The third kappa shape index (κ3) is 3.99. The van der Waals surface area contributed by atoms with E-state index in [2.05, 4.69) is 11.9 Å². The lowest BCUT2D eigenvalue weighted by Crippen LogP contribution is -2.38. The standard InChI is InChI=1S/C19H23ClN2O2/c1-2-22(16-5-3-4-6-16)19(23)12-11-18-21-13-17(24-18)14-7-9-15(20)10-8-14/h7-10,13,16H,2-6,11-12H2,1H3. The van der Waals surface area contributed by atoms with Crippen molar-refractivity contribution in [3.8, 4) is 11.3 Å². The molecule has 1 heterocycles. The van der Waals surface area contributed by atoms with Crippen LogP contribution in [0.25, 0.3) is 11.3 Å². The van der Waals surface area contributed by atoms with Crippen LogP contribution in [0.2, 0.25) is 5.02 Å². The molecule has 128 valence electrons. The maximum Gasteiger partial charge on any atom is 0.223 e. The Morgan fingerprint density at radius 1 is 1.29 bits per heavy atom. The van der Waals surface area contributed by atoms with Crippen LogP contribution in [-0.4, -0.2) is 28.4 Å². The zero-order chi connectivity index (χ0) is 16.9. The van der Waals surface area contributed by atoms with E-state index in [4.69, 9.17) is 16.0 Å². The number of rotatable bonds is 6. The van der Waals surface area contributed by atoms with Crippen molar-refractivity contribution in [3.05, 3.63) is 41.4 Å². The number of aromatic nitrogens is 1. The average molecular weight is 347 g/mol. The van der Waals surface area contributed by atoms with Gasteiger partial charge in [0.1, 0.15) is 0 Å². The van der Waals surface area contributed by atoms with Crippen LogP contribution in [0, 0.1) is 0 Å². The molecule has 1 fully saturated rings. The van der Waals surface area contributed by atoms with Gasteiger partial charge in [-0.15, -0.1) is 0 Å². The maximum atomic E-state index is 12.5. The van der Waals surface area contributed by atoms with Gasteiger partial charge >= 0.3 is 0 Å². The summed E-state index contributed by atoms with van der Waals surface area (Å²) in [6, 6.07) is 7.87. The first-order valence-electron chi connectivity index (χ1n) is 8.67. The molecule has 5 heteroatoms. The number of carbonyl (C=O) groups is 1. The van der Waals surface area contributed by atoms with Gasteiger partial charge in [-0.25, -0.2) is 4.98 Å². The van der Waals surface area contributed by atoms with Gasteiger partial charge in [0.05, 0.1) is 6.20 Å². The molecule has 0 bridgehead atoms. The third-order valence-corrected chi connectivity index (χ3v) is 4.91. The van der Waals surface area contributed by atoms with Crippen LogP contribution in [0.5, 0.6) is 0 Å².